The van der Waals surface area contributed by atoms with Crippen LogP contribution >= 0.6 is 35.3 Å². The molecule has 7 nitrogen and oxygen atoms in total. The molecule has 3 rings (SSSR count). The average Bonchev–Trinajstić information content (AvgIpc) is 3.41. The molecule has 0 radical (unpaired) electrons. The zero-order chi connectivity index (χ0) is 20.5. The van der Waals surface area contributed by atoms with Crippen LogP contribution in [0.15, 0.2) is 22.5 Å². The van der Waals surface area contributed by atoms with Crippen molar-refractivity contribution in [2.24, 2.45) is 4.99 Å². The van der Waals surface area contributed by atoms with Gasteiger partial charge in [-0.25, -0.2) is 0 Å². The van der Waals surface area contributed by atoms with Crippen LogP contribution in [0.25, 0.3) is 0 Å². The van der Waals surface area contributed by atoms with Gasteiger partial charge in [0.25, 0.3) is 0 Å². The summed E-state index contributed by atoms with van der Waals surface area (Å²) >= 11 is 1.82. The van der Waals surface area contributed by atoms with Gasteiger partial charge < -0.3 is 20.5 Å². The van der Waals surface area contributed by atoms with Crippen LogP contribution in [0.2, 0.25) is 0 Å². The van der Waals surface area contributed by atoms with E-state index in [4.69, 9.17) is 9.73 Å². The number of ether oxygens (including phenoxy) is 1. The fourth-order valence-electron chi connectivity index (χ4n) is 4.02. The van der Waals surface area contributed by atoms with Gasteiger partial charge in [-0.3, -0.25) is 14.8 Å². The van der Waals surface area contributed by atoms with E-state index in [-0.39, 0.29) is 24.0 Å². The lowest BCUT2D eigenvalue weighted by Gasteiger charge is -2.33. The van der Waals surface area contributed by atoms with Crippen molar-refractivity contribution in [1.29, 1.82) is 0 Å². The standard InChI is InChI=1S/C21H37N5O2S.HI/c1-3-22-20(24-16-21(2,27)17-25-10-12-28-13-11-25)23-15-18(19-7-6-14-29-19)26-8-4-5-9-26;/h6-7,14,18,27H,3-5,8-13,15-17H2,1-2H3,(H2,22,23,24);1H. The molecule has 0 aliphatic carbocycles. The lowest BCUT2D eigenvalue weighted by molar-refractivity contribution is -0.0180. The number of aliphatic hydroxyl groups is 1. The molecule has 2 unspecified atom stereocenters. The average molecular weight is 552 g/mol. The smallest absolute Gasteiger partial charge is 0.191 e. The number of rotatable bonds is 9. The summed E-state index contributed by atoms with van der Waals surface area (Å²) in [6, 6.07) is 4.73. The molecular formula is C21H38IN5O2S. The Labute approximate surface area is 202 Å². The summed E-state index contributed by atoms with van der Waals surface area (Å²) in [5, 5.41) is 19.8. The molecule has 2 saturated heterocycles. The van der Waals surface area contributed by atoms with Crippen molar-refractivity contribution in [3.8, 4) is 0 Å². The number of guanidine groups is 1. The zero-order valence-electron chi connectivity index (χ0n) is 18.3. The molecule has 0 spiro atoms. The van der Waals surface area contributed by atoms with Crippen molar-refractivity contribution < 1.29 is 9.84 Å². The second kappa shape index (κ2) is 13.2. The van der Waals surface area contributed by atoms with Gasteiger partial charge >= 0.3 is 0 Å². The number of β-amino-alcohol motifs (C(OH)–C–C–N with tert-alkyl or cyclic N) is 1. The third kappa shape index (κ3) is 8.23. The number of thiophene rings is 1. The number of hydrogen-bond donors (Lipinski definition) is 3. The summed E-state index contributed by atoms with van der Waals surface area (Å²) < 4.78 is 5.40. The number of halogens is 1. The van der Waals surface area contributed by atoms with Crippen LogP contribution in [0, 0.1) is 0 Å². The monoisotopic (exact) mass is 551 g/mol. The molecule has 1 aromatic heterocycles. The lowest BCUT2D eigenvalue weighted by Crippen LogP contribution is -2.48. The Bertz CT molecular complexity index is 617. The van der Waals surface area contributed by atoms with Crippen molar-refractivity contribution >= 4 is 41.3 Å². The van der Waals surface area contributed by atoms with E-state index in [9.17, 15) is 5.11 Å². The van der Waals surface area contributed by atoms with Crippen LogP contribution in [0.3, 0.4) is 0 Å². The summed E-state index contributed by atoms with van der Waals surface area (Å²) in [6.45, 7) is 12.1. The van der Waals surface area contributed by atoms with Crippen LogP contribution < -0.4 is 10.6 Å². The highest BCUT2D eigenvalue weighted by atomic mass is 127. The zero-order valence-corrected chi connectivity index (χ0v) is 21.5. The Morgan fingerprint density at radius 2 is 2.00 bits per heavy atom. The Balaban J connectivity index is 0.00000320. The lowest BCUT2D eigenvalue weighted by atomic mass is 10.1. The van der Waals surface area contributed by atoms with E-state index in [1.807, 2.05) is 18.3 Å². The third-order valence-corrected chi connectivity index (χ3v) is 6.48. The molecule has 2 aliphatic rings. The van der Waals surface area contributed by atoms with Crippen molar-refractivity contribution in [3.05, 3.63) is 22.4 Å². The molecule has 0 saturated carbocycles. The maximum atomic E-state index is 10.8. The second-order valence-electron chi connectivity index (χ2n) is 8.24. The van der Waals surface area contributed by atoms with Crippen LogP contribution in [0.1, 0.15) is 37.6 Å². The number of nitrogens with one attached hydrogen (secondary N) is 2. The minimum Gasteiger partial charge on any atom is -0.387 e. The van der Waals surface area contributed by atoms with E-state index < -0.39 is 5.60 Å². The highest BCUT2D eigenvalue weighted by Crippen LogP contribution is 2.27. The highest BCUT2D eigenvalue weighted by Gasteiger charge is 2.26. The summed E-state index contributed by atoms with van der Waals surface area (Å²) in [6.07, 6.45) is 2.56. The van der Waals surface area contributed by atoms with Crippen molar-refractivity contribution in [2.45, 2.75) is 38.3 Å². The first-order valence-electron chi connectivity index (χ1n) is 10.9. The van der Waals surface area contributed by atoms with Gasteiger partial charge in [-0.15, -0.1) is 35.3 Å². The van der Waals surface area contributed by atoms with Crippen LogP contribution in [-0.4, -0.2) is 92.0 Å². The van der Waals surface area contributed by atoms with E-state index in [1.165, 1.54) is 17.7 Å². The van der Waals surface area contributed by atoms with E-state index in [0.29, 0.717) is 19.1 Å². The topological polar surface area (TPSA) is 72.4 Å². The van der Waals surface area contributed by atoms with E-state index in [2.05, 4.69) is 44.9 Å². The molecule has 2 atom stereocenters. The van der Waals surface area contributed by atoms with Crippen molar-refractivity contribution in [2.75, 3.05) is 65.6 Å². The minimum atomic E-state index is -0.859. The normalized spacial score (nSPS) is 21.6. The first kappa shape index (κ1) is 25.8. The molecule has 1 aromatic rings. The first-order chi connectivity index (χ1) is 14.1. The molecule has 30 heavy (non-hydrogen) atoms. The molecule has 3 heterocycles. The van der Waals surface area contributed by atoms with Gasteiger partial charge in [0.05, 0.1) is 31.4 Å². The molecule has 9 heteroatoms. The summed E-state index contributed by atoms with van der Waals surface area (Å²) in [5.74, 6) is 0.774. The molecule has 3 N–H and O–H groups in total. The van der Waals surface area contributed by atoms with Gasteiger partial charge in [0, 0.05) is 37.6 Å². The number of morpholine rings is 1. The molecule has 0 aromatic carbocycles. The van der Waals surface area contributed by atoms with Crippen molar-refractivity contribution in [1.82, 2.24) is 20.4 Å². The summed E-state index contributed by atoms with van der Waals surface area (Å²) in [4.78, 5) is 10.9. The Morgan fingerprint density at radius 1 is 1.27 bits per heavy atom. The molecule has 172 valence electrons. The van der Waals surface area contributed by atoms with Gasteiger partial charge in [0.1, 0.15) is 0 Å². The Morgan fingerprint density at radius 3 is 2.63 bits per heavy atom. The van der Waals surface area contributed by atoms with Gasteiger partial charge in [-0.1, -0.05) is 6.07 Å². The quantitative estimate of drug-likeness (QED) is 0.248. The number of hydrogen-bond acceptors (Lipinski definition) is 6. The third-order valence-electron chi connectivity index (χ3n) is 5.51. The van der Waals surface area contributed by atoms with Gasteiger partial charge in [-0.05, 0) is 51.2 Å². The van der Waals surface area contributed by atoms with E-state index in [1.54, 1.807) is 0 Å². The number of aliphatic imine (C=N–C) groups is 1. The predicted molar refractivity (Wildman–Crippen MR) is 135 cm³/mol. The molecule has 2 aliphatic heterocycles. The van der Waals surface area contributed by atoms with E-state index >= 15 is 0 Å². The van der Waals surface area contributed by atoms with Gasteiger partial charge in [-0.2, -0.15) is 0 Å². The van der Waals surface area contributed by atoms with Gasteiger partial charge in [0.15, 0.2) is 5.96 Å². The largest absolute Gasteiger partial charge is 0.387 e. The SMILES string of the molecule is CCNC(=NCC(C)(O)CN1CCOCC1)NCC(c1cccs1)N1CCCC1.I. The predicted octanol–water partition coefficient (Wildman–Crippen LogP) is 2.14. The minimum absolute atomic E-state index is 0. The van der Waals surface area contributed by atoms with Crippen LogP contribution in [0.4, 0.5) is 0 Å². The highest BCUT2D eigenvalue weighted by molar-refractivity contribution is 14.0. The fourth-order valence-corrected chi connectivity index (χ4v) is 4.88. The molecule has 0 bridgehead atoms. The molecular weight excluding hydrogens is 513 g/mol. The Hall–Kier alpha value is -0.460. The van der Waals surface area contributed by atoms with Crippen LogP contribution in [-0.2, 0) is 4.74 Å². The number of nitrogens with zero attached hydrogens (tertiary/aromatic N) is 3. The molecule has 0 amide bonds. The number of likely N-dealkylation sites (tertiary alicyclic amines) is 1. The van der Waals surface area contributed by atoms with Crippen molar-refractivity contribution in [3.63, 3.8) is 0 Å². The fraction of sp³-hybridized carbons (Fsp3) is 0.762. The Kier molecular flexibility index (Phi) is 11.3. The summed E-state index contributed by atoms with van der Waals surface area (Å²) in [5.41, 5.74) is -0.859. The first-order valence-corrected chi connectivity index (χ1v) is 11.8. The van der Waals surface area contributed by atoms with E-state index in [0.717, 1.165) is 58.4 Å². The maximum absolute atomic E-state index is 10.8. The summed E-state index contributed by atoms with van der Waals surface area (Å²) in [7, 11) is 0. The second-order valence-corrected chi connectivity index (χ2v) is 9.22. The van der Waals surface area contributed by atoms with Crippen LogP contribution in [0.5, 0.6) is 0 Å². The molecule has 2 fully saturated rings. The maximum Gasteiger partial charge on any atom is 0.191 e. The van der Waals surface area contributed by atoms with Gasteiger partial charge in [0.2, 0.25) is 0 Å².